The third-order valence-electron chi connectivity index (χ3n) is 3.20. The van der Waals surface area contributed by atoms with Crippen molar-refractivity contribution in [3.05, 3.63) is 59.7 Å². The minimum absolute atomic E-state index is 0.0243. The molecular weight excluding hydrogens is 282 g/mol. The summed E-state index contributed by atoms with van der Waals surface area (Å²) in [4.78, 5) is 15.9. The van der Waals surface area contributed by atoms with Crippen LogP contribution in [0.25, 0.3) is 0 Å². The summed E-state index contributed by atoms with van der Waals surface area (Å²) < 4.78 is 0. The molecule has 0 spiro atoms. The van der Waals surface area contributed by atoms with Gasteiger partial charge in [0.05, 0.1) is 6.61 Å². The molecule has 0 saturated carbocycles. The first-order valence-electron chi connectivity index (χ1n) is 6.81. The highest BCUT2D eigenvalue weighted by Crippen LogP contribution is 2.30. The van der Waals surface area contributed by atoms with Crippen LogP contribution in [0.4, 0.5) is 0 Å². The maximum absolute atomic E-state index is 12.1. The van der Waals surface area contributed by atoms with Crippen LogP contribution in [-0.4, -0.2) is 36.1 Å². The number of carbonyl (C=O) groups excluding carboxylic acids is 1. The van der Waals surface area contributed by atoms with Crippen molar-refractivity contribution in [2.45, 2.75) is 16.7 Å². The van der Waals surface area contributed by atoms with Gasteiger partial charge in [0.1, 0.15) is 0 Å². The fourth-order valence-electron chi connectivity index (χ4n) is 1.94. The van der Waals surface area contributed by atoms with E-state index in [1.807, 2.05) is 36.4 Å². The lowest BCUT2D eigenvalue weighted by Gasteiger charge is -2.15. The zero-order chi connectivity index (χ0) is 15.2. The number of nitrogens with zero attached hydrogens (tertiary/aromatic N) is 1. The van der Waals surface area contributed by atoms with E-state index in [-0.39, 0.29) is 12.5 Å². The molecule has 4 heteroatoms. The molecule has 0 unspecified atom stereocenters. The van der Waals surface area contributed by atoms with Gasteiger partial charge in [-0.1, -0.05) is 30.0 Å². The van der Waals surface area contributed by atoms with Crippen LogP contribution in [0.15, 0.2) is 58.3 Å². The molecule has 0 saturated heterocycles. The van der Waals surface area contributed by atoms with Crippen molar-refractivity contribution in [2.24, 2.45) is 0 Å². The Morgan fingerprint density at radius 1 is 1.14 bits per heavy atom. The molecular formula is C17H19NO2S. The Morgan fingerprint density at radius 2 is 1.81 bits per heavy atom. The number of hydrogen-bond donors (Lipinski definition) is 1. The summed E-state index contributed by atoms with van der Waals surface area (Å²) in [7, 11) is 1.69. The minimum atomic E-state index is -0.0727. The van der Waals surface area contributed by atoms with Crippen LogP contribution >= 0.6 is 11.8 Å². The first kappa shape index (κ1) is 15.6. The molecule has 0 fully saturated rings. The van der Waals surface area contributed by atoms with Crippen molar-refractivity contribution in [1.29, 1.82) is 0 Å². The molecule has 2 aromatic carbocycles. The van der Waals surface area contributed by atoms with Crippen molar-refractivity contribution >= 4 is 17.7 Å². The van der Waals surface area contributed by atoms with E-state index in [0.29, 0.717) is 12.1 Å². The second-order valence-corrected chi connectivity index (χ2v) is 5.96. The molecule has 0 atom stereocenters. The van der Waals surface area contributed by atoms with Gasteiger partial charge in [-0.2, -0.15) is 0 Å². The predicted octanol–water partition coefficient (Wildman–Crippen LogP) is 3.21. The van der Waals surface area contributed by atoms with Crippen molar-refractivity contribution in [1.82, 2.24) is 4.90 Å². The van der Waals surface area contributed by atoms with Gasteiger partial charge in [-0.25, -0.2) is 0 Å². The lowest BCUT2D eigenvalue weighted by Crippen LogP contribution is -2.29. The number of carbonyl (C=O) groups is 1. The maximum Gasteiger partial charge on any atom is 0.253 e. The van der Waals surface area contributed by atoms with Gasteiger partial charge in [0.2, 0.25) is 0 Å². The van der Waals surface area contributed by atoms with Gasteiger partial charge in [-0.15, -0.1) is 0 Å². The number of benzene rings is 2. The monoisotopic (exact) mass is 301 g/mol. The Kier molecular flexibility index (Phi) is 5.42. The number of aliphatic hydroxyl groups excluding tert-OH is 1. The number of aliphatic hydroxyl groups is 1. The summed E-state index contributed by atoms with van der Waals surface area (Å²) in [6, 6.07) is 15.8. The van der Waals surface area contributed by atoms with Gasteiger partial charge in [0.25, 0.3) is 5.91 Å². The summed E-state index contributed by atoms with van der Waals surface area (Å²) in [5.41, 5.74) is 1.88. The molecule has 1 amide bonds. The average Bonchev–Trinajstić information content (AvgIpc) is 2.50. The summed E-state index contributed by atoms with van der Waals surface area (Å²) in [5, 5.41) is 8.87. The largest absolute Gasteiger partial charge is 0.395 e. The zero-order valence-electron chi connectivity index (χ0n) is 12.2. The predicted molar refractivity (Wildman–Crippen MR) is 85.8 cm³/mol. The lowest BCUT2D eigenvalue weighted by atomic mass is 10.2. The van der Waals surface area contributed by atoms with E-state index in [1.165, 1.54) is 15.4 Å². The third-order valence-corrected chi connectivity index (χ3v) is 4.39. The zero-order valence-corrected chi connectivity index (χ0v) is 13.1. The fraction of sp³-hybridized carbons (Fsp3) is 0.235. The molecule has 1 N–H and O–H groups in total. The molecule has 0 aliphatic heterocycles. The Hall–Kier alpha value is -1.78. The summed E-state index contributed by atoms with van der Waals surface area (Å²) >= 11 is 1.69. The normalized spacial score (nSPS) is 10.4. The van der Waals surface area contributed by atoms with Crippen LogP contribution in [0.3, 0.4) is 0 Å². The second kappa shape index (κ2) is 7.29. The van der Waals surface area contributed by atoms with Crippen molar-refractivity contribution in [3.63, 3.8) is 0 Å². The van der Waals surface area contributed by atoms with Crippen LogP contribution < -0.4 is 0 Å². The molecule has 21 heavy (non-hydrogen) atoms. The Labute approximate surface area is 129 Å². The van der Waals surface area contributed by atoms with E-state index in [4.69, 9.17) is 5.11 Å². The Balaban J connectivity index is 2.09. The molecule has 110 valence electrons. The lowest BCUT2D eigenvalue weighted by molar-refractivity contribution is 0.0767. The van der Waals surface area contributed by atoms with E-state index >= 15 is 0 Å². The molecule has 0 heterocycles. The first-order valence-corrected chi connectivity index (χ1v) is 7.63. The van der Waals surface area contributed by atoms with Crippen LogP contribution in [0.1, 0.15) is 15.9 Å². The first-order chi connectivity index (χ1) is 10.1. The highest BCUT2D eigenvalue weighted by Gasteiger charge is 2.11. The van der Waals surface area contributed by atoms with Gasteiger partial charge >= 0.3 is 0 Å². The van der Waals surface area contributed by atoms with E-state index in [0.717, 1.165) is 4.90 Å². The van der Waals surface area contributed by atoms with Gasteiger partial charge < -0.3 is 10.0 Å². The second-order valence-electron chi connectivity index (χ2n) is 4.84. The number of hydrogen-bond acceptors (Lipinski definition) is 3. The highest BCUT2D eigenvalue weighted by atomic mass is 32.2. The average molecular weight is 301 g/mol. The van der Waals surface area contributed by atoms with Crippen molar-refractivity contribution in [2.75, 3.05) is 20.2 Å². The minimum Gasteiger partial charge on any atom is -0.395 e. The van der Waals surface area contributed by atoms with Crippen molar-refractivity contribution < 1.29 is 9.90 Å². The van der Waals surface area contributed by atoms with Gasteiger partial charge in [0.15, 0.2) is 0 Å². The summed E-state index contributed by atoms with van der Waals surface area (Å²) in [5.74, 6) is -0.0727. The van der Waals surface area contributed by atoms with E-state index in [9.17, 15) is 4.79 Å². The van der Waals surface area contributed by atoms with Crippen LogP contribution in [-0.2, 0) is 0 Å². The molecule has 0 radical (unpaired) electrons. The summed E-state index contributed by atoms with van der Waals surface area (Å²) in [6.45, 7) is 2.41. The van der Waals surface area contributed by atoms with Gasteiger partial charge in [0, 0.05) is 28.9 Å². The van der Waals surface area contributed by atoms with E-state index in [2.05, 4.69) is 19.1 Å². The fourth-order valence-corrected chi connectivity index (χ4v) is 2.84. The van der Waals surface area contributed by atoms with E-state index < -0.39 is 0 Å². The van der Waals surface area contributed by atoms with Gasteiger partial charge in [-0.3, -0.25) is 4.79 Å². The Bertz CT molecular complexity index is 610. The molecule has 2 rings (SSSR count). The molecule has 0 aliphatic carbocycles. The highest BCUT2D eigenvalue weighted by molar-refractivity contribution is 7.99. The third kappa shape index (κ3) is 4.09. The number of amides is 1. The van der Waals surface area contributed by atoms with Gasteiger partial charge in [-0.05, 0) is 42.8 Å². The number of likely N-dealkylation sites (N-methyl/N-ethyl adjacent to an activating group) is 1. The SMILES string of the molecule is Cc1ccccc1Sc1ccc(C(=O)N(C)CCO)cc1. The Morgan fingerprint density at radius 3 is 2.43 bits per heavy atom. The molecule has 3 nitrogen and oxygen atoms in total. The maximum atomic E-state index is 12.1. The van der Waals surface area contributed by atoms with Crippen molar-refractivity contribution in [3.8, 4) is 0 Å². The smallest absolute Gasteiger partial charge is 0.253 e. The number of aryl methyl sites for hydroxylation is 1. The standard InChI is InChI=1S/C17H19NO2S/c1-13-5-3-4-6-16(13)21-15-9-7-14(8-10-15)17(20)18(2)11-12-19/h3-10,19H,11-12H2,1-2H3. The molecule has 0 aromatic heterocycles. The number of rotatable bonds is 5. The topological polar surface area (TPSA) is 40.5 Å². The van der Waals surface area contributed by atoms with Crippen LogP contribution in [0, 0.1) is 6.92 Å². The molecule has 2 aromatic rings. The van der Waals surface area contributed by atoms with Crippen LogP contribution in [0.2, 0.25) is 0 Å². The molecule has 0 bridgehead atoms. The molecule has 0 aliphatic rings. The summed E-state index contributed by atoms with van der Waals surface area (Å²) in [6.07, 6.45) is 0. The quantitative estimate of drug-likeness (QED) is 0.922. The van der Waals surface area contributed by atoms with E-state index in [1.54, 1.807) is 18.8 Å². The van der Waals surface area contributed by atoms with Crippen LogP contribution in [0.5, 0.6) is 0 Å².